The molecule has 1 N–H and O–H groups in total. The summed E-state index contributed by atoms with van der Waals surface area (Å²) in [6, 6.07) is 13.3. The molecule has 5 nitrogen and oxygen atoms in total. The van der Waals surface area contributed by atoms with E-state index in [2.05, 4.69) is 5.32 Å². The van der Waals surface area contributed by atoms with Gasteiger partial charge in [0.1, 0.15) is 18.7 Å². The van der Waals surface area contributed by atoms with Crippen molar-refractivity contribution in [3.63, 3.8) is 0 Å². The molecule has 0 unspecified atom stereocenters. The normalized spacial score (nSPS) is 10.7. The zero-order valence-corrected chi connectivity index (χ0v) is 15.1. The first-order valence-electron chi connectivity index (χ1n) is 8.44. The molecule has 0 atom stereocenters. The van der Waals surface area contributed by atoms with Gasteiger partial charge in [-0.05, 0) is 37.5 Å². The maximum Gasteiger partial charge on any atom is 0.325 e. The Morgan fingerprint density at radius 2 is 1.69 bits per heavy atom. The number of rotatable bonds is 5. The van der Waals surface area contributed by atoms with E-state index in [1.165, 1.54) is 0 Å². The summed E-state index contributed by atoms with van der Waals surface area (Å²) in [5.41, 5.74) is 4.39. The smallest absolute Gasteiger partial charge is 0.325 e. The van der Waals surface area contributed by atoms with E-state index in [4.69, 9.17) is 9.15 Å². The molecule has 3 aromatic rings. The monoisotopic (exact) mass is 351 g/mol. The molecule has 1 aromatic heterocycles. The molecule has 134 valence electrons. The van der Waals surface area contributed by atoms with Crippen LogP contribution in [0.5, 0.6) is 0 Å². The van der Waals surface area contributed by atoms with E-state index in [-0.39, 0.29) is 18.9 Å². The van der Waals surface area contributed by atoms with E-state index in [9.17, 15) is 9.59 Å². The summed E-state index contributed by atoms with van der Waals surface area (Å²) in [5, 5.41) is 3.51. The molecule has 26 heavy (non-hydrogen) atoms. The molecule has 0 radical (unpaired) electrons. The lowest BCUT2D eigenvalue weighted by molar-refractivity contribution is -0.143. The van der Waals surface area contributed by atoms with Crippen molar-refractivity contribution in [3.8, 4) is 0 Å². The van der Waals surface area contributed by atoms with Crippen LogP contribution in [0.2, 0.25) is 0 Å². The number of carbonyl (C=O) groups is 2. The molecule has 1 heterocycles. The molecule has 0 spiro atoms. The Labute approximate surface area is 152 Å². The molecule has 0 aliphatic rings. The van der Waals surface area contributed by atoms with Crippen LogP contribution in [0.1, 0.15) is 32.8 Å². The first-order valence-corrected chi connectivity index (χ1v) is 8.44. The van der Waals surface area contributed by atoms with E-state index in [1.807, 2.05) is 63.2 Å². The third-order valence-corrected chi connectivity index (χ3v) is 4.32. The summed E-state index contributed by atoms with van der Waals surface area (Å²) in [6.45, 7) is 5.74. The van der Waals surface area contributed by atoms with Crippen molar-refractivity contribution in [2.24, 2.45) is 0 Å². The fraction of sp³-hybridized carbons (Fsp3) is 0.238. The molecule has 0 fully saturated rings. The highest BCUT2D eigenvalue weighted by atomic mass is 16.5. The van der Waals surface area contributed by atoms with Crippen LogP contribution < -0.4 is 5.32 Å². The van der Waals surface area contributed by atoms with Crippen LogP contribution in [0.3, 0.4) is 0 Å². The van der Waals surface area contributed by atoms with Gasteiger partial charge in [0.25, 0.3) is 5.91 Å². The second kappa shape index (κ2) is 7.44. The largest absolute Gasteiger partial charge is 0.460 e. The Kier molecular flexibility index (Phi) is 5.07. The van der Waals surface area contributed by atoms with Crippen LogP contribution >= 0.6 is 0 Å². The minimum Gasteiger partial charge on any atom is -0.460 e. The van der Waals surface area contributed by atoms with Gasteiger partial charge in [-0.15, -0.1) is 0 Å². The fourth-order valence-electron chi connectivity index (χ4n) is 2.91. The molecule has 0 saturated carbocycles. The lowest BCUT2D eigenvalue weighted by atomic mass is 10.0. The van der Waals surface area contributed by atoms with Crippen molar-refractivity contribution in [1.29, 1.82) is 0 Å². The number of esters is 1. The highest BCUT2D eigenvalue weighted by Crippen LogP contribution is 2.30. The van der Waals surface area contributed by atoms with Crippen molar-refractivity contribution < 1.29 is 18.7 Å². The lowest BCUT2D eigenvalue weighted by Gasteiger charge is -2.06. The van der Waals surface area contributed by atoms with Gasteiger partial charge < -0.3 is 14.5 Å². The first kappa shape index (κ1) is 17.7. The minimum atomic E-state index is -0.497. The topological polar surface area (TPSA) is 68.5 Å². The standard InChI is InChI=1S/C21H21NO4/c1-13-9-10-14(2)19-18(13)15(3)20(26-19)21(24)22-11-17(23)25-12-16-7-5-4-6-8-16/h4-10H,11-12H2,1-3H3,(H,22,24). The Morgan fingerprint density at radius 1 is 1.00 bits per heavy atom. The van der Waals surface area contributed by atoms with Crippen LogP contribution in [0.15, 0.2) is 46.9 Å². The van der Waals surface area contributed by atoms with Crippen molar-refractivity contribution in [2.75, 3.05) is 6.54 Å². The van der Waals surface area contributed by atoms with Crippen LogP contribution in [0.4, 0.5) is 0 Å². The average molecular weight is 351 g/mol. The van der Waals surface area contributed by atoms with Crippen molar-refractivity contribution in [2.45, 2.75) is 27.4 Å². The Hall–Kier alpha value is -3.08. The number of aryl methyl sites for hydroxylation is 3. The van der Waals surface area contributed by atoms with E-state index >= 15 is 0 Å². The second-order valence-corrected chi connectivity index (χ2v) is 6.29. The number of hydrogen-bond acceptors (Lipinski definition) is 4. The number of amides is 1. The third-order valence-electron chi connectivity index (χ3n) is 4.32. The summed E-state index contributed by atoms with van der Waals surface area (Å²) in [6.07, 6.45) is 0. The van der Waals surface area contributed by atoms with E-state index < -0.39 is 11.9 Å². The van der Waals surface area contributed by atoms with Gasteiger partial charge in [0.2, 0.25) is 0 Å². The molecular weight excluding hydrogens is 330 g/mol. The zero-order valence-electron chi connectivity index (χ0n) is 15.1. The molecule has 0 bridgehead atoms. The summed E-state index contributed by atoms with van der Waals surface area (Å²) in [4.78, 5) is 24.3. The molecule has 2 aromatic carbocycles. The van der Waals surface area contributed by atoms with E-state index in [0.717, 1.165) is 27.6 Å². The molecule has 1 amide bonds. The minimum absolute atomic E-state index is 0.178. The number of nitrogens with one attached hydrogen (secondary N) is 1. The van der Waals surface area contributed by atoms with Crippen molar-refractivity contribution >= 4 is 22.8 Å². The molecule has 0 aliphatic carbocycles. The molecular formula is C21H21NO4. The zero-order chi connectivity index (χ0) is 18.7. The van der Waals surface area contributed by atoms with Gasteiger partial charge in [-0.2, -0.15) is 0 Å². The van der Waals surface area contributed by atoms with Crippen LogP contribution in [-0.2, 0) is 16.1 Å². The predicted octanol–water partition coefficient (Wildman–Crippen LogP) is 3.83. The number of ether oxygens (including phenoxy) is 1. The van der Waals surface area contributed by atoms with Gasteiger partial charge >= 0.3 is 5.97 Å². The number of hydrogen-bond donors (Lipinski definition) is 1. The number of fused-ring (bicyclic) bond motifs is 1. The highest BCUT2D eigenvalue weighted by molar-refractivity contribution is 6.01. The van der Waals surface area contributed by atoms with Gasteiger partial charge in [0, 0.05) is 10.9 Å². The number of furan rings is 1. The van der Waals surface area contributed by atoms with E-state index in [1.54, 1.807) is 0 Å². The Balaban J connectivity index is 1.64. The van der Waals surface area contributed by atoms with Gasteiger partial charge in [-0.1, -0.05) is 42.5 Å². The molecule has 0 aliphatic heterocycles. The second-order valence-electron chi connectivity index (χ2n) is 6.29. The summed E-state index contributed by atoms with van der Waals surface area (Å²) < 4.78 is 10.9. The molecule has 3 rings (SSSR count). The average Bonchev–Trinajstić information content (AvgIpc) is 3.00. The van der Waals surface area contributed by atoms with Crippen LogP contribution in [0, 0.1) is 20.8 Å². The summed E-state index contributed by atoms with van der Waals surface area (Å²) >= 11 is 0. The van der Waals surface area contributed by atoms with Gasteiger partial charge in [0.15, 0.2) is 5.76 Å². The van der Waals surface area contributed by atoms with Crippen LogP contribution in [-0.4, -0.2) is 18.4 Å². The highest BCUT2D eigenvalue weighted by Gasteiger charge is 2.20. The van der Waals surface area contributed by atoms with E-state index in [0.29, 0.717) is 5.58 Å². The number of benzene rings is 2. The fourth-order valence-corrected chi connectivity index (χ4v) is 2.91. The molecule has 0 saturated heterocycles. The Bertz CT molecular complexity index is 957. The van der Waals surface area contributed by atoms with Crippen molar-refractivity contribution in [3.05, 3.63) is 70.5 Å². The van der Waals surface area contributed by atoms with Crippen molar-refractivity contribution in [1.82, 2.24) is 5.32 Å². The SMILES string of the molecule is Cc1ccc(C)c2c(C)c(C(=O)NCC(=O)OCc3ccccc3)oc12. The maximum absolute atomic E-state index is 12.4. The summed E-state index contributed by atoms with van der Waals surface area (Å²) in [5.74, 6) is -0.689. The molecule has 5 heteroatoms. The maximum atomic E-state index is 12.4. The number of carbonyl (C=O) groups excluding carboxylic acids is 2. The van der Waals surface area contributed by atoms with Crippen LogP contribution in [0.25, 0.3) is 11.0 Å². The first-order chi connectivity index (χ1) is 12.5. The third kappa shape index (κ3) is 3.61. The van der Waals surface area contributed by atoms with Gasteiger partial charge in [-0.25, -0.2) is 0 Å². The quantitative estimate of drug-likeness (QED) is 0.709. The van der Waals surface area contributed by atoms with Gasteiger partial charge in [0.05, 0.1) is 0 Å². The predicted molar refractivity (Wildman–Crippen MR) is 99.0 cm³/mol. The summed E-state index contributed by atoms with van der Waals surface area (Å²) in [7, 11) is 0. The Morgan fingerprint density at radius 3 is 2.38 bits per heavy atom. The lowest BCUT2D eigenvalue weighted by Crippen LogP contribution is -2.30. The van der Waals surface area contributed by atoms with Gasteiger partial charge in [-0.3, -0.25) is 9.59 Å².